The smallest absolute Gasteiger partial charge is 0.332 e. The van der Waals surface area contributed by atoms with Crippen molar-refractivity contribution in [2.75, 3.05) is 16.8 Å². The van der Waals surface area contributed by atoms with Gasteiger partial charge in [0.1, 0.15) is 12.0 Å². The molecule has 1 aliphatic rings. The lowest BCUT2D eigenvalue weighted by molar-refractivity contribution is 0.183. The summed E-state index contributed by atoms with van der Waals surface area (Å²) in [7, 11) is 2.96. The number of hydrogen-bond donors (Lipinski definition) is 2. The van der Waals surface area contributed by atoms with E-state index >= 15 is 0 Å². The molecule has 1 aliphatic heterocycles. The molecule has 2 unspecified atom stereocenters. The Hall–Kier alpha value is -4.06. The average Bonchev–Trinajstić information content (AvgIpc) is 3.48. The van der Waals surface area contributed by atoms with Crippen molar-refractivity contribution in [3.63, 3.8) is 0 Å². The van der Waals surface area contributed by atoms with Gasteiger partial charge in [0.25, 0.3) is 5.56 Å². The van der Waals surface area contributed by atoms with Crippen LogP contribution in [-0.4, -0.2) is 57.6 Å². The van der Waals surface area contributed by atoms with Gasteiger partial charge in [0.15, 0.2) is 11.2 Å². The van der Waals surface area contributed by atoms with E-state index in [-0.39, 0.29) is 17.7 Å². The number of anilines is 2. The van der Waals surface area contributed by atoms with E-state index in [1.165, 1.54) is 22.5 Å². The molecule has 0 aromatic carbocycles. The van der Waals surface area contributed by atoms with E-state index in [0.29, 0.717) is 17.6 Å². The molecule has 0 bridgehead atoms. The van der Waals surface area contributed by atoms with Gasteiger partial charge in [-0.15, -0.1) is 0 Å². The van der Waals surface area contributed by atoms with E-state index in [1.54, 1.807) is 25.5 Å². The molecule has 1 saturated heterocycles. The summed E-state index contributed by atoms with van der Waals surface area (Å²) in [4.78, 5) is 44.7. The van der Waals surface area contributed by atoms with Gasteiger partial charge in [-0.3, -0.25) is 13.9 Å². The van der Waals surface area contributed by atoms with Crippen LogP contribution in [0.3, 0.4) is 0 Å². The number of aliphatic hydroxyl groups is 1. The Balaban J connectivity index is 1.33. The first-order valence-electron chi connectivity index (χ1n) is 11.4. The molecule has 0 amide bonds. The molecule has 12 heteroatoms. The van der Waals surface area contributed by atoms with Gasteiger partial charge in [-0.05, 0) is 31.9 Å². The molecule has 0 spiro atoms. The number of pyridine rings is 1. The molecule has 5 rings (SSSR count). The van der Waals surface area contributed by atoms with E-state index in [4.69, 9.17) is 0 Å². The molecule has 2 atom stereocenters. The molecule has 182 valence electrons. The van der Waals surface area contributed by atoms with Crippen LogP contribution < -0.4 is 21.5 Å². The largest absolute Gasteiger partial charge is 0.372 e. The highest BCUT2D eigenvalue weighted by Gasteiger charge is 2.22. The van der Waals surface area contributed by atoms with Crippen molar-refractivity contribution in [2.45, 2.75) is 38.6 Å². The Bertz CT molecular complexity index is 1490. The fourth-order valence-electron chi connectivity index (χ4n) is 4.45. The number of hydrogen-bond acceptors (Lipinski definition) is 9. The summed E-state index contributed by atoms with van der Waals surface area (Å²) in [6.07, 6.45) is 6.17. The van der Waals surface area contributed by atoms with Crippen LogP contribution in [-0.2, 0) is 20.6 Å². The molecule has 4 aromatic heterocycles. The standard InChI is InChI=1S/C23H27N9O3/c1-14-6-5-9-32(14)22-24-10-15(11-25-22)16-7-4-8-17(27-16)28-18(33)12-31-13-26-20-19(31)21(34)30(3)23(35)29(20)2/h4,7-8,10-11,13-14,18,33H,5-6,9,12H2,1-3H3,(H,27,28). The zero-order valence-corrected chi connectivity index (χ0v) is 19.8. The van der Waals surface area contributed by atoms with Crippen LogP contribution in [0.25, 0.3) is 22.4 Å². The van der Waals surface area contributed by atoms with Crippen LogP contribution in [0, 0.1) is 0 Å². The predicted octanol–water partition coefficient (Wildman–Crippen LogP) is 0.705. The third-order valence-corrected chi connectivity index (χ3v) is 6.39. The van der Waals surface area contributed by atoms with Crippen LogP contribution in [0.15, 0.2) is 46.5 Å². The number of nitrogens with zero attached hydrogens (tertiary/aromatic N) is 8. The zero-order chi connectivity index (χ0) is 24.7. The Kier molecular flexibility index (Phi) is 5.81. The van der Waals surface area contributed by atoms with Crippen LogP contribution in [0.5, 0.6) is 0 Å². The van der Waals surface area contributed by atoms with E-state index in [1.807, 2.05) is 12.1 Å². The molecule has 1 fully saturated rings. The van der Waals surface area contributed by atoms with Gasteiger partial charge in [-0.25, -0.2) is 24.7 Å². The first-order valence-corrected chi connectivity index (χ1v) is 11.4. The monoisotopic (exact) mass is 477 g/mol. The van der Waals surface area contributed by atoms with Crippen LogP contribution in [0.1, 0.15) is 19.8 Å². The van der Waals surface area contributed by atoms with E-state index < -0.39 is 17.5 Å². The van der Waals surface area contributed by atoms with Crippen molar-refractivity contribution >= 4 is 22.9 Å². The van der Waals surface area contributed by atoms with Gasteiger partial charge in [0.2, 0.25) is 5.95 Å². The summed E-state index contributed by atoms with van der Waals surface area (Å²) in [6.45, 7) is 3.17. The minimum atomic E-state index is -1.06. The zero-order valence-electron chi connectivity index (χ0n) is 19.8. The molecule has 5 heterocycles. The number of aliphatic hydroxyl groups excluding tert-OH is 1. The fraction of sp³-hybridized carbons (Fsp3) is 0.391. The summed E-state index contributed by atoms with van der Waals surface area (Å²) in [6, 6.07) is 5.85. The second kappa shape index (κ2) is 8.95. The van der Waals surface area contributed by atoms with Crippen molar-refractivity contribution in [1.29, 1.82) is 0 Å². The van der Waals surface area contributed by atoms with Crippen LogP contribution in [0.2, 0.25) is 0 Å². The third-order valence-electron chi connectivity index (χ3n) is 6.39. The van der Waals surface area contributed by atoms with Gasteiger partial charge in [0, 0.05) is 44.6 Å². The van der Waals surface area contributed by atoms with Gasteiger partial charge in [-0.2, -0.15) is 0 Å². The highest BCUT2D eigenvalue weighted by Crippen LogP contribution is 2.24. The second-order valence-corrected chi connectivity index (χ2v) is 8.80. The first-order chi connectivity index (χ1) is 16.8. The minimum Gasteiger partial charge on any atom is -0.372 e. The Labute approximate surface area is 200 Å². The normalized spacial score (nSPS) is 16.7. The molecule has 0 saturated carbocycles. The maximum absolute atomic E-state index is 12.6. The molecule has 4 aromatic rings. The minimum absolute atomic E-state index is 0.0294. The van der Waals surface area contributed by atoms with Crippen molar-refractivity contribution in [3.05, 3.63) is 57.8 Å². The van der Waals surface area contributed by atoms with Crippen molar-refractivity contribution in [3.8, 4) is 11.3 Å². The van der Waals surface area contributed by atoms with Crippen LogP contribution >= 0.6 is 0 Å². The number of imidazole rings is 1. The topological polar surface area (TPSA) is 136 Å². The fourth-order valence-corrected chi connectivity index (χ4v) is 4.45. The maximum Gasteiger partial charge on any atom is 0.332 e. The van der Waals surface area contributed by atoms with Gasteiger partial charge >= 0.3 is 5.69 Å². The van der Waals surface area contributed by atoms with Gasteiger partial charge in [0.05, 0.1) is 18.6 Å². The highest BCUT2D eigenvalue weighted by molar-refractivity contribution is 5.70. The maximum atomic E-state index is 12.6. The quantitative estimate of drug-likeness (QED) is 0.385. The molecule has 0 aliphatic carbocycles. The van der Waals surface area contributed by atoms with E-state index in [2.05, 4.69) is 37.1 Å². The lowest BCUT2D eigenvalue weighted by Crippen LogP contribution is -2.38. The number of aromatic nitrogens is 7. The van der Waals surface area contributed by atoms with Gasteiger partial charge in [-0.1, -0.05) is 6.07 Å². The van der Waals surface area contributed by atoms with Crippen LogP contribution in [0.4, 0.5) is 11.8 Å². The van der Waals surface area contributed by atoms with E-state index in [9.17, 15) is 14.7 Å². The molecular formula is C23H27N9O3. The molecule has 0 radical (unpaired) electrons. The summed E-state index contributed by atoms with van der Waals surface area (Å²) >= 11 is 0. The van der Waals surface area contributed by atoms with Crippen molar-refractivity contribution in [2.24, 2.45) is 14.1 Å². The third kappa shape index (κ3) is 4.16. The number of rotatable bonds is 6. The summed E-state index contributed by atoms with van der Waals surface area (Å²) in [5.41, 5.74) is 1.00. The second-order valence-electron chi connectivity index (χ2n) is 8.80. The molecule has 12 nitrogen and oxygen atoms in total. The lowest BCUT2D eigenvalue weighted by Gasteiger charge is -2.21. The van der Waals surface area contributed by atoms with Crippen molar-refractivity contribution in [1.82, 2.24) is 33.6 Å². The van der Waals surface area contributed by atoms with Crippen molar-refractivity contribution < 1.29 is 5.11 Å². The predicted molar refractivity (Wildman–Crippen MR) is 131 cm³/mol. The Morgan fingerprint density at radius 2 is 1.91 bits per heavy atom. The van der Waals surface area contributed by atoms with Gasteiger partial charge < -0.3 is 19.9 Å². The average molecular weight is 478 g/mol. The highest BCUT2D eigenvalue weighted by atomic mass is 16.3. The van der Waals surface area contributed by atoms with E-state index in [0.717, 1.165) is 35.5 Å². The Morgan fingerprint density at radius 1 is 1.14 bits per heavy atom. The number of aryl methyl sites for hydroxylation is 1. The summed E-state index contributed by atoms with van der Waals surface area (Å²) < 4.78 is 3.84. The molecular weight excluding hydrogens is 450 g/mol. The summed E-state index contributed by atoms with van der Waals surface area (Å²) in [5, 5.41) is 13.6. The number of fused-ring (bicyclic) bond motifs is 1. The molecule has 2 N–H and O–H groups in total. The first kappa shape index (κ1) is 22.7. The Morgan fingerprint density at radius 3 is 2.63 bits per heavy atom. The summed E-state index contributed by atoms with van der Waals surface area (Å²) in [5.74, 6) is 1.18. The molecule has 35 heavy (non-hydrogen) atoms. The number of nitrogens with one attached hydrogen (secondary N) is 1. The lowest BCUT2D eigenvalue weighted by atomic mass is 10.2. The SMILES string of the molecule is CC1CCCN1c1ncc(-c2cccc(NC(O)Cn3cnc4c3c(=O)n(C)c(=O)n4C)n2)cn1.